The molecule has 1 aliphatic rings. The summed E-state index contributed by atoms with van der Waals surface area (Å²) < 4.78 is 0. The predicted octanol–water partition coefficient (Wildman–Crippen LogP) is 1.25. The third-order valence-corrected chi connectivity index (χ3v) is 4.01. The quantitative estimate of drug-likeness (QED) is 0.864. The van der Waals surface area contributed by atoms with E-state index in [1.165, 1.54) is 17.8 Å². The van der Waals surface area contributed by atoms with Crippen LogP contribution in [0, 0.1) is 0 Å². The van der Waals surface area contributed by atoms with Crippen molar-refractivity contribution < 1.29 is 0 Å². The number of nitrogens with two attached hydrogens (primary N) is 1. The zero-order valence-electron chi connectivity index (χ0n) is 10.0. The van der Waals surface area contributed by atoms with Gasteiger partial charge in [-0.1, -0.05) is 6.92 Å². The van der Waals surface area contributed by atoms with Crippen LogP contribution < -0.4 is 5.73 Å². The van der Waals surface area contributed by atoms with Crippen molar-refractivity contribution >= 4 is 16.5 Å². The Morgan fingerprint density at radius 1 is 1.56 bits per heavy atom. The molecule has 0 bridgehead atoms. The number of nitrogens with zero attached hydrogens (tertiary/aromatic N) is 3. The molecule has 1 aliphatic heterocycles. The monoisotopic (exact) mass is 240 g/mol. The normalized spacial score (nSPS) is 23.8. The van der Waals surface area contributed by atoms with Gasteiger partial charge in [-0.2, -0.15) is 0 Å². The Kier molecular flexibility index (Phi) is 3.78. The van der Waals surface area contributed by atoms with Gasteiger partial charge in [-0.15, -0.1) is 11.3 Å². The molecular weight excluding hydrogens is 220 g/mol. The Hall–Kier alpha value is -0.650. The number of hydrogen-bond acceptors (Lipinski definition) is 5. The van der Waals surface area contributed by atoms with E-state index in [9.17, 15) is 0 Å². The SMILES string of the molecule is CCC1CN(Cc2csc(N)n2)CCN1C. The van der Waals surface area contributed by atoms with Crippen LogP contribution in [0.2, 0.25) is 0 Å². The van der Waals surface area contributed by atoms with Crippen LogP contribution in [0.3, 0.4) is 0 Å². The molecule has 1 saturated heterocycles. The molecular formula is C11H20N4S. The van der Waals surface area contributed by atoms with E-state index in [-0.39, 0.29) is 0 Å². The topological polar surface area (TPSA) is 45.4 Å². The summed E-state index contributed by atoms with van der Waals surface area (Å²) in [6, 6.07) is 0.685. The molecule has 0 saturated carbocycles. The Morgan fingerprint density at radius 2 is 2.38 bits per heavy atom. The Labute approximate surface area is 101 Å². The lowest BCUT2D eigenvalue weighted by Crippen LogP contribution is -2.50. The van der Waals surface area contributed by atoms with E-state index < -0.39 is 0 Å². The molecule has 1 aromatic heterocycles. The summed E-state index contributed by atoms with van der Waals surface area (Å²) >= 11 is 1.53. The second kappa shape index (κ2) is 5.12. The van der Waals surface area contributed by atoms with Crippen LogP contribution in [0.4, 0.5) is 5.13 Å². The van der Waals surface area contributed by atoms with E-state index in [4.69, 9.17) is 5.73 Å². The van der Waals surface area contributed by atoms with E-state index in [0.717, 1.165) is 31.9 Å². The van der Waals surface area contributed by atoms with Crippen LogP contribution in [0.5, 0.6) is 0 Å². The van der Waals surface area contributed by atoms with Gasteiger partial charge in [0.25, 0.3) is 0 Å². The number of likely N-dealkylation sites (N-methyl/N-ethyl adjacent to an activating group) is 1. The fourth-order valence-corrected chi connectivity index (χ4v) is 2.77. The van der Waals surface area contributed by atoms with Crippen molar-refractivity contribution in [3.8, 4) is 0 Å². The first-order valence-electron chi connectivity index (χ1n) is 5.81. The highest BCUT2D eigenvalue weighted by molar-refractivity contribution is 7.13. The minimum absolute atomic E-state index is 0.677. The number of nitrogen functional groups attached to an aromatic ring is 1. The average molecular weight is 240 g/mol. The second-order valence-corrected chi connectivity index (χ2v) is 5.34. The van der Waals surface area contributed by atoms with Gasteiger partial charge in [-0.25, -0.2) is 4.98 Å². The third kappa shape index (κ3) is 2.72. The summed E-state index contributed by atoms with van der Waals surface area (Å²) in [7, 11) is 2.21. The first kappa shape index (κ1) is 11.8. The smallest absolute Gasteiger partial charge is 0.180 e. The van der Waals surface area contributed by atoms with Crippen molar-refractivity contribution in [2.24, 2.45) is 0 Å². The number of anilines is 1. The van der Waals surface area contributed by atoms with Gasteiger partial charge < -0.3 is 10.6 Å². The highest BCUT2D eigenvalue weighted by atomic mass is 32.1. The minimum atomic E-state index is 0.677. The lowest BCUT2D eigenvalue weighted by Gasteiger charge is -2.38. The fraction of sp³-hybridized carbons (Fsp3) is 0.727. The van der Waals surface area contributed by atoms with Gasteiger partial charge in [0, 0.05) is 37.6 Å². The van der Waals surface area contributed by atoms with Crippen LogP contribution in [-0.2, 0) is 6.54 Å². The Balaban J connectivity index is 1.91. The molecule has 1 fully saturated rings. The zero-order valence-corrected chi connectivity index (χ0v) is 10.8. The van der Waals surface area contributed by atoms with E-state index in [0.29, 0.717) is 11.2 Å². The van der Waals surface area contributed by atoms with Crippen molar-refractivity contribution in [1.29, 1.82) is 0 Å². The molecule has 0 amide bonds. The highest BCUT2D eigenvalue weighted by Crippen LogP contribution is 2.16. The van der Waals surface area contributed by atoms with Crippen molar-refractivity contribution in [3.05, 3.63) is 11.1 Å². The molecule has 2 heterocycles. The van der Waals surface area contributed by atoms with Gasteiger partial charge in [0.15, 0.2) is 5.13 Å². The maximum absolute atomic E-state index is 5.64. The molecule has 4 nitrogen and oxygen atoms in total. The Bertz CT molecular complexity index is 338. The lowest BCUT2D eigenvalue weighted by atomic mass is 10.1. The molecule has 0 aliphatic carbocycles. The van der Waals surface area contributed by atoms with E-state index >= 15 is 0 Å². The molecule has 2 rings (SSSR count). The fourth-order valence-electron chi connectivity index (χ4n) is 2.22. The Morgan fingerprint density at radius 3 is 3.00 bits per heavy atom. The van der Waals surface area contributed by atoms with E-state index in [1.807, 2.05) is 0 Å². The molecule has 1 aromatic rings. The summed E-state index contributed by atoms with van der Waals surface area (Å²) in [6.45, 7) is 6.62. The van der Waals surface area contributed by atoms with E-state index in [1.54, 1.807) is 0 Å². The largest absolute Gasteiger partial charge is 0.375 e. The number of thiazole rings is 1. The maximum atomic E-state index is 5.64. The molecule has 0 spiro atoms. The summed E-state index contributed by atoms with van der Waals surface area (Å²) in [6.07, 6.45) is 1.21. The number of rotatable bonds is 3. The highest BCUT2D eigenvalue weighted by Gasteiger charge is 2.23. The summed E-state index contributed by atoms with van der Waals surface area (Å²) in [5, 5.41) is 2.74. The second-order valence-electron chi connectivity index (χ2n) is 4.45. The summed E-state index contributed by atoms with van der Waals surface area (Å²) in [5.74, 6) is 0. The van der Waals surface area contributed by atoms with Crippen LogP contribution in [0.25, 0.3) is 0 Å². The van der Waals surface area contributed by atoms with Crippen molar-refractivity contribution in [1.82, 2.24) is 14.8 Å². The lowest BCUT2D eigenvalue weighted by molar-refractivity contribution is 0.0877. The van der Waals surface area contributed by atoms with Gasteiger partial charge in [-0.05, 0) is 13.5 Å². The number of hydrogen-bond donors (Lipinski definition) is 1. The maximum Gasteiger partial charge on any atom is 0.180 e. The molecule has 1 unspecified atom stereocenters. The van der Waals surface area contributed by atoms with Crippen LogP contribution in [0.1, 0.15) is 19.0 Å². The van der Waals surface area contributed by atoms with Gasteiger partial charge in [0.2, 0.25) is 0 Å². The van der Waals surface area contributed by atoms with Gasteiger partial charge in [0.1, 0.15) is 0 Å². The molecule has 16 heavy (non-hydrogen) atoms. The zero-order chi connectivity index (χ0) is 11.5. The molecule has 1 atom stereocenters. The van der Waals surface area contributed by atoms with Gasteiger partial charge in [0.05, 0.1) is 5.69 Å². The molecule has 0 aromatic carbocycles. The van der Waals surface area contributed by atoms with Crippen LogP contribution in [-0.4, -0.2) is 47.5 Å². The summed E-state index contributed by atoms with van der Waals surface area (Å²) in [5.41, 5.74) is 6.75. The standard InChI is InChI=1S/C11H20N4S/c1-3-10-7-15(5-4-14(10)2)6-9-8-16-11(12)13-9/h8,10H,3-7H2,1-2H3,(H2,12,13). The third-order valence-electron chi connectivity index (χ3n) is 3.29. The van der Waals surface area contributed by atoms with Gasteiger partial charge >= 0.3 is 0 Å². The van der Waals surface area contributed by atoms with Crippen LogP contribution >= 0.6 is 11.3 Å². The van der Waals surface area contributed by atoms with Crippen molar-refractivity contribution in [2.75, 3.05) is 32.4 Å². The number of aromatic nitrogens is 1. The molecule has 2 N–H and O–H groups in total. The average Bonchev–Trinajstić information content (AvgIpc) is 2.67. The first-order chi connectivity index (χ1) is 7.69. The molecule has 0 radical (unpaired) electrons. The molecule has 90 valence electrons. The van der Waals surface area contributed by atoms with Gasteiger partial charge in [-0.3, -0.25) is 4.90 Å². The molecule has 5 heteroatoms. The van der Waals surface area contributed by atoms with Crippen LogP contribution in [0.15, 0.2) is 5.38 Å². The van der Waals surface area contributed by atoms with Crippen molar-refractivity contribution in [2.45, 2.75) is 25.9 Å². The van der Waals surface area contributed by atoms with E-state index in [2.05, 4.69) is 34.1 Å². The minimum Gasteiger partial charge on any atom is -0.375 e. The summed E-state index contributed by atoms with van der Waals surface area (Å²) in [4.78, 5) is 9.24. The predicted molar refractivity (Wildman–Crippen MR) is 68.5 cm³/mol. The number of piperazine rings is 1. The van der Waals surface area contributed by atoms with Crippen molar-refractivity contribution in [3.63, 3.8) is 0 Å². The first-order valence-corrected chi connectivity index (χ1v) is 6.69.